The Morgan fingerprint density at radius 2 is 1.85 bits per heavy atom. The number of thioether (sulfide) groups is 1. The second-order valence-corrected chi connectivity index (χ2v) is 11.7. The molecule has 41 heavy (non-hydrogen) atoms. The highest BCUT2D eigenvalue weighted by molar-refractivity contribution is 8.15. The van der Waals surface area contributed by atoms with Gasteiger partial charge >= 0.3 is 0 Å². The summed E-state index contributed by atoms with van der Waals surface area (Å²) >= 11 is 1.31. The third kappa shape index (κ3) is 6.81. The van der Waals surface area contributed by atoms with Gasteiger partial charge in [-0.05, 0) is 55.5 Å². The van der Waals surface area contributed by atoms with Gasteiger partial charge in [-0.15, -0.1) is 0 Å². The minimum atomic E-state index is -0.690. The molecule has 216 valence electrons. The molecule has 2 aromatic rings. The van der Waals surface area contributed by atoms with Crippen molar-refractivity contribution in [1.82, 2.24) is 15.5 Å². The van der Waals surface area contributed by atoms with Crippen molar-refractivity contribution in [3.63, 3.8) is 0 Å². The number of aliphatic imine (C=N–C) groups is 2. The maximum atomic E-state index is 13.6. The summed E-state index contributed by atoms with van der Waals surface area (Å²) in [4.78, 5) is 50.6. The second kappa shape index (κ2) is 13.3. The summed E-state index contributed by atoms with van der Waals surface area (Å²) < 4.78 is 5.17. The summed E-state index contributed by atoms with van der Waals surface area (Å²) in [6.45, 7) is 2.37. The molecule has 2 N–H and O–H groups in total. The number of hydrogen-bond acceptors (Lipinski definition) is 7. The molecule has 2 aliphatic heterocycles. The first-order valence-electron chi connectivity index (χ1n) is 14.4. The number of benzene rings is 2. The number of methoxy groups -OCH3 is 1. The highest BCUT2D eigenvalue weighted by Crippen LogP contribution is 2.36. The molecule has 1 saturated carbocycles. The van der Waals surface area contributed by atoms with Crippen LogP contribution in [-0.2, 0) is 20.9 Å². The molecule has 5 rings (SSSR count). The van der Waals surface area contributed by atoms with Crippen LogP contribution >= 0.6 is 11.8 Å². The third-order valence-electron chi connectivity index (χ3n) is 7.70. The Balaban J connectivity index is 1.25. The monoisotopic (exact) mass is 575 g/mol. The minimum absolute atomic E-state index is 0.0128. The molecule has 0 aromatic heterocycles. The van der Waals surface area contributed by atoms with Crippen LogP contribution in [0.4, 0.5) is 5.69 Å². The number of rotatable bonds is 10. The normalized spacial score (nSPS) is 19.0. The molecular weight excluding hydrogens is 538 g/mol. The average Bonchev–Trinajstić information content (AvgIpc) is 3.34. The van der Waals surface area contributed by atoms with Crippen molar-refractivity contribution in [2.24, 2.45) is 9.98 Å². The van der Waals surface area contributed by atoms with Crippen molar-refractivity contribution in [3.8, 4) is 5.75 Å². The Morgan fingerprint density at radius 3 is 2.59 bits per heavy atom. The first kappa shape index (κ1) is 28.9. The summed E-state index contributed by atoms with van der Waals surface area (Å²) in [5.41, 5.74) is 2.45. The highest BCUT2D eigenvalue weighted by Gasteiger charge is 2.42. The summed E-state index contributed by atoms with van der Waals surface area (Å²) in [5.74, 6) is 0.919. The number of carbonyl (C=O) groups is 3. The SMILES string of the molecule is CC[C@@H](SC1=Nc2ccccc2C2=N[C@H](CCC(=O)NCc3ccc(OC)cc3)C(=O)N12)C(=O)NC1CCCCC1. The first-order valence-corrected chi connectivity index (χ1v) is 15.3. The zero-order valence-corrected chi connectivity index (χ0v) is 24.4. The predicted octanol–water partition coefficient (Wildman–Crippen LogP) is 4.71. The van der Waals surface area contributed by atoms with Crippen molar-refractivity contribution < 1.29 is 19.1 Å². The minimum Gasteiger partial charge on any atom is -0.497 e. The van der Waals surface area contributed by atoms with Gasteiger partial charge in [0, 0.05) is 24.6 Å². The quantitative estimate of drug-likeness (QED) is 0.426. The van der Waals surface area contributed by atoms with E-state index >= 15 is 0 Å². The standard InChI is InChI=1S/C31H37N5O4S/c1-3-26(29(38)33-21-9-5-4-6-10-21)41-31-35-24-12-8-7-11-23(24)28-34-25(30(39)36(28)31)17-18-27(37)32-19-20-13-15-22(40-2)16-14-20/h7-8,11-16,21,25-26H,3-6,9-10,17-19H2,1-2H3,(H,32,37)(H,33,38)/t25-,26-/m1/s1. The fourth-order valence-electron chi connectivity index (χ4n) is 5.36. The lowest BCUT2D eigenvalue weighted by Gasteiger charge is -2.29. The Kier molecular flexibility index (Phi) is 9.38. The lowest BCUT2D eigenvalue weighted by Crippen LogP contribution is -2.45. The number of amidine groups is 2. The molecule has 0 bridgehead atoms. The number of nitrogens with one attached hydrogen (secondary N) is 2. The molecule has 2 aromatic carbocycles. The average molecular weight is 576 g/mol. The Hall–Kier alpha value is -3.66. The van der Waals surface area contributed by atoms with E-state index in [1.54, 1.807) is 12.0 Å². The number of amides is 3. The van der Waals surface area contributed by atoms with Crippen molar-refractivity contribution in [2.75, 3.05) is 7.11 Å². The molecule has 9 nitrogen and oxygen atoms in total. The number of para-hydroxylation sites is 1. The highest BCUT2D eigenvalue weighted by atomic mass is 32.2. The molecular formula is C31H37N5O4S. The van der Waals surface area contributed by atoms with Crippen LogP contribution in [0.25, 0.3) is 0 Å². The number of fused-ring (bicyclic) bond motifs is 3. The molecule has 3 aliphatic rings. The Labute approximate surface area is 245 Å². The molecule has 1 aliphatic carbocycles. The van der Waals surface area contributed by atoms with Gasteiger partial charge in [-0.1, -0.05) is 62.2 Å². The second-order valence-electron chi connectivity index (χ2n) is 10.6. The fourth-order valence-corrected chi connectivity index (χ4v) is 6.39. The lowest BCUT2D eigenvalue weighted by atomic mass is 9.95. The van der Waals surface area contributed by atoms with Crippen LogP contribution in [0, 0.1) is 0 Å². The van der Waals surface area contributed by atoms with E-state index in [0.717, 1.165) is 48.2 Å². The van der Waals surface area contributed by atoms with Crippen LogP contribution in [0.5, 0.6) is 5.75 Å². The summed E-state index contributed by atoms with van der Waals surface area (Å²) in [6.07, 6.45) is 6.58. The van der Waals surface area contributed by atoms with E-state index < -0.39 is 6.04 Å². The molecule has 2 heterocycles. The number of ether oxygens (including phenoxy) is 1. The molecule has 2 atom stereocenters. The first-order chi connectivity index (χ1) is 20.0. The zero-order valence-electron chi connectivity index (χ0n) is 23.6. The summed E-state index contributed by atoms with van der Waals surface area (Å²) in [6, 6.07) is 14.6. The van der Waals surface area contributed by atoms with Crippen molar-refractivity contribution in [1.29, 1.82) is 0 Å². The van der Waals surface area contributed by atoms with Gasteiger partial charge in [0.05, 0.1) is 18.0 Å². The van der Waals surface area contributed by atoms with Gasteiger partial charge in [0.1, 0.15) is 17.6 Å². The summed E-state index contributed by atoms with van der Waals surface area (Å²) in [7, 11) is 1.61. The number of hydrogen-bond donors (Lipinski definition) is 2. The number of carbonyl (C=O) groups excluding carboxylic acids is 3. The maximum Gasteiger partial charge on any atom is 0.259 e. The topological polar surface area (TPSA) is 112 Å². The van der Waals surface area contributed by atoms with Gasteiger partial charge < -0.3 is 15.4 Å². The Bertz CT molecular complexity index is 1340. The molecule has 3 amide bonds. The van der Waals surface area contributed by atoms with Gasteiger partial charge in [-0.25, -0.2) is 9.89 Å². The van der Waals surface area contributed by atoms with Crippen LogP contribution in [0.1, 0.15) is 69.4 Å². The van der Waals surface area contributed by atoms with Crippen LogP contribution in [0.2, 0.25) is 0 Å². The van der Waals surface area contributed by atoms with Gasteiger partial charge in [-0.2, -0.15) is 0 Å². The van der Waals surface area contributed by atoms with E-state index in [4.69, 9.17) is 14.7 Å². The van der Waals surface area contributed by atoms with Gasteiger partial charge in [0.2, 0.25) is 11.8 Å². The van der Waals surface area contributed by atoms with Crippen molar-refractivity contribution in [3.05, 3.63) is 59.7 Å². The van der Waals surface area contributed by atoms with E-state index in [-0.39, 0.29) is 41.9 Å². The van der Waals surface area contributed by atoms with Crippen molar-refractivity contribution >= 4 is 46.2 Å². The maximum absolute atomic E-state index is 13.6. The summed E-state index contributed by atoms with van der Waals surface area (Å²) in [5, 5.41) is 6.22. The van der Waals surface area contributed by atoms with Crippen LogP contribution < -0.4 is 15.4 Å². The molecule has 1 fully saturated rings. The predicted molar refractivity (Wildman–Crippen MR) is 161 cm³/mol. The molecule has 10 heteroatoms. The molecule has 0 radical (unpaired) electrons. The van der Waals surface area contributed by atoms with Crippen LogP contribution in [-0.4, -0.2) is 58.1 Å². The zero-order chi connectivity index (χ0) is 28.8. The van der Waals surface area contributed by atoms with Gasteiger partial charge in [-0.3, -0.25) is 19.4 Å². The largest absolute Gasteiger partial charge is 0.497 e. The van der Waals surface area contributed by atoms with E-state index in [0.29, 0.717) is 24.0 Å². The number of nitrogens with zero attached hydrogens (tertiary/aromatic N) is 3. The van der Waals surface area contributed by atoms with E-state index in [1.165, 1.54) is 18.2 Å². The van der Waals surface area contributed by atoms with Crippen LogP contribution in [0.15, 0.2) is 58.5 Å². The Morgan fingerprint density at radius 1 is 1.10 bits per heavy atom. The lowest BCUT2D eigenvalue weighted by molar-refractivity contribution is -0.125. The molecule has 0 unspecified atom stereocenters. The van der Waals surface area contributed by atoms with Gasteiger partial charge in [0.25, 0.3) is 5.91 Å². The van der Waals surface area contributed by atoms with E-state index in [1.807, 2.05) is 55.5 Å². The van der Waals surface area contributed by atoms with Crippen molar-refractivity contribution in [2.45, 2.75) is 82.2 Å². The molecule has 0 spiro atoms. The third-order valence-corrected chi connectivity index (χ3v) is 9.02. The van der Waals surface area contributed by atoms with Crippen LogP contribution in [0.3, 0.4) is 0 Å². The van der Waals surface area contributed by atoms with E-state index in [9.17, 15) is 14.4 Å². The fraction of sp³-hybridized carbons (Fsp3) is 0.452. The molecule has 0 saturated heterocycles. The van der Waals surface area contributed by atoms with Gasteiger partial charge in [0.15, 0.2) is 5.17 Å². The smallest absolute Gasteiger partial charge is 0.259 e. The van der Waals surface area contributed by atoms with E-state index in [2.05, 4.69) is 10.6 Å².